The molecule has 0 aromatic carbocycles. The summed E-state index contributed by atoms with van der Waals surface area (Å²) in [4.78, 5) is 5.35. The quantitative estimate of drug-likeness (QED) is 0.621. The van der Waals surface area contributed by atoms with Crippen LogP contribution in [0.1, 0.15) is 38.5 Å². The van der Waals surface area contributed by atoms with E-state index in [1.807, 2.05) is 0 Å². The first-order chi connectivity index (χ1) is 6.88. The van der Waals surface area contributed by atoms with Gasteiger partial charge in [0.05, 0.1) is 0 Å². The summed E-state index contributed by atoms with van der Waals surface area (Å²) in [5.41, 5.74) is 0. The lowest BCUT2D eigenvalue weighted by Gasteiger charge is -2.38. The van der Waals surface area contributed by atoms with Crippen molar-refractivity contribution in [3.8, 4) is 0 Å². The minimum absolute atomic E-state index is 0.704. The fourth-order valence-corrected chi connectivity index (χ4v) is 2.82. The Morgan fingerprint density at radius 3 is 1.36 bits per heavy atom. The van der Waals surface area contributed by atoms with Crippen LogP contribution in [0.5, 0.6) is 0 Å². The Morgan fingerprint density at radius 1 is 0.643 bits per heavy atom. The van der Waals surface area contributed by atoms with Crippen LogP contribution in [0.2, 0.25) is 6.82 Å². The van der Waals surface area contributed by atoms with Crippen LogP contribution in [-0.2, 0) is 0 Å². The molecule has 0 unspecified atom stereocenters. The number of piperidine rings is 2. The van der Waals surface area contributed by atoms with Gasteiger partial charge in [-0.15, -0.1) is 0 Å². The maximum absolute atomic E-state index is 2.68. The minimum atomic E-state index is 0.704. The Labute approximate surface area is 88.8 Å². The molecule has 2 nitrogen and oxygen atoms in total. The van der Waals surface area contributed by atoms with E-state index in [1.54, 1.807) is 0 Å². The summed E-state index contributed by atoms with van der Waals surface area (Å²) in [5, 5.41) is 0. The second-order valence-corrected chi connectivity index (χ2v) is 4.83. The molecule has 0 bridgehead atoms. The molecule has 0 saturated carbocycles. The van der Waals surface area contributed by atoms with E-state index < -0.39 is 0 Å². The summed E-state index contributed by atoms with van der Waals surface area (Å²) in [6.45, 7) is 8.43. The van der Waals surface area contributed by atoms with E-state index in [9.17, 15) is 0 Å². The molecule has 2 aliphatic heterocycles. The summed E-state index contributed by atoms with van der Waals surface area (Å²) >= 11 is 0. The van der Waals surface area contributed by atoms with Crippen molar-refractivity contribution in [3.05, 3.63) is 0 Å². The molecule has 14 heavy (non-hydrogen) atoms. The zero-order valence-corrected chi connectivity index (χ0v) is 9.54. The Balaban J connectivity index is 1.82. The van der Waals surface area contributed by atoms with Crippen LogP contribution in [0, 0.1) is 0 Å². The van der Waals surface area contributed by atoms with Crippen LogP contribution in [0.4, 0.5) is 0 Å². The second kappa shape index (κ2) is 5.17. The van der Waals surface area contributed by atoms with Crippen molar-refractivity contribution in [2.45, 2.75) is 45.3 Å². The highest BCUT2D eigenvalue weighted by Crippen LogP contribution is 2.16. The van der Waals surface area contributed by atoms with Gasteiger partial charge in [0.15, 0.2) is 0 Å². The van der Waals surface area contributed by atoms with E-state index in [1.165, 1.54) is 64.7 Å². The monoisotopic (exact) mass is 194 g/mol. The molecule has 2 heterocycles. The topological polar surface area (TPSA) is 6.48 Å². The first-order valence-corrected chi connectivity index (χ1v) is 6.36. The molecule has 2 saturated heterocycles. The number of rotatable bonds is 2. The van der Waals surface area contributed by atoms with E-state index in [0.717, 1.165) is 0 Å². The molecule has 0 amide bonds. The van der Waals surface area contributed by atoms with E-state index in [-0.39, 0.29) is 0 Å². The number of nitrogens with zero attached hydrogens (tertiary/aromatic N) is 2. The first kappa shape index (κ1) is 10.5. The van der Waals surface area contributed by atoms with Gasteiger partial charge in [0.2, 0.25) is 0 Å². The smallest absolute Gasteiger partial charge is 0.307 e. The van der Waals surface area contributed by atoms with Gasteiger partial charge in [-0.2, -0.15) is 0 Å². The van der Waals surface area contributed by atoms with Gasteiger partial charge < -0.3 is 9.62 Å². The fourth-order valence-electron chi connectivity index (χ4n) is 2.82. The summed E-state index contributed by atoms with van der Waals surface area (Å²) < 4.78 is 0. The average molecular weight is 194 g/mol. The Kier molecular flexibility index (Phi) is 3.88. The summed E-state index contributed by atoms with van der Waals surface area (Å²) in [5.74, 6) is 0. The van der Waals surface area contributed by atoms with Gasteiger partial charge in [0.25, 0.3) is 0 Å². The fraction of sp³-hybridized carbons (Fsp3) is 1.00. The van der Waals surface area contributed by atoms with Gasteiger partial charge >= 0.3 is 6.98 Å². The Hall–Kier alpha value is -0.0151. The normalized spacial score (nSPS) is 26.4. The lowest BCUT2D eigenvalue weighted by Crippen LogP contribution is -2.53. The van der Waals surface area contributed by atoms with Crippen molar-refractivity contribution < 1.29 is 0 Å². The molecule has 0 aliphatic carbocycles. The predicted octanol–water partition coefficient (Wildman–Crippen LogP) is 2.08. The van der Waals surface area contributed by atoms with Gasteiger partial charge in [-0.05, 0) is 51.9 Å². The largest absolute Gasteiger partial charge is 0.328 e. The van der Waals surface area contributed by atoms with E-state index in [0.29, 0.717) is 6.98 Å². The Morgan fingerprint density at radius 2 is 1.00 bits per heavy atom. The van der Waals surface area contributed by atoms with Crippen LogP contribution in [-0.4, -0.2) is 42.8 Å². The van der Waals surface area contributed by atoms with Crippen LogP contribution >= 0.6 is 0 Å². The van der Waals surface area contributed by atoms with Gasteiger partial charge in [0, 0.05) is 0 Å². The van der Waals surface area contributed by atoms with Gasteiger partial charge in [-0.1, -0.05) is 19.7 Å². The first-order valence-electron chi connectivity index (χ1n) is 6.36. The third-order valence-corrected chi connectivity index (χ3v) is 3.84. The van der Waals surface area contributed by atoms with Gasteiger partial charge in [-0.3, -0.25) is 0 Å². The highest BCUT2D eigenvalue weighted by Gasteiger charge is 2.27. The molecule has 2 fully saturated rings. The van der Waals surface area contributed by atoms with Gasteiger partial charge in [-0.25, -0.2) is 0 Å². The summed E-state index contributed by atoms with van der Waals surface area (Å²) in [6, 6.07) is 0. The highest BCUT2D eigenvalue weighted by molar-refractivity contribution is 6.51. The summed E-state index contributed by atoms with van der Waals surface area (Å²) in [6.07, 6.45) is 8.55. The van der Waals surface area contributed by atoms with Crippen LogP contribution < -0.4 is 0 Å². The molecular weight excluding hydrogens is 171 g/mol. The molecule has 0 atom stereocenters. The molecule has 80 valence electrons. The Bertz CT molecular complexity index is 145. The molecular formula is C11H23BN2. The van der Waals surface area contributed by atoms with Crippen molar-refractivity contribution >= 4 is 6.98 Å². The third-order valence-electron chi connectivity index (χ3n) is 3.84. The zero-order chi connectivity index (χ0) is 9.80. The minimum Gasteiger partial charge on any atom is -0.328 e. The standard InChI is InChI=1S/C11H23BN2/c1-12(13-8-4-2-5-9-13)14-10-6-3-7-11-14/h2-11H2,1H3. The van der Waals surface area contributed by atoms with E-state index in [4.69, 9.17) is 0 Å². The van der Waals surface area contributed by atoms with Gasteiger partial charge in [0.1, 0.15) is 0 Å². The molecule has 0 aromatic heterocycles. The van der Waals surface area contributed by atoms with Crippen molar-refractivity contribution in [2.75, 3.05) is 26.2 Å². The molecule has 0 N–H and O–H groups in total. The zero-order valence-electron chi connectivity index (χ0n) is 9.54. The third kappa shape index (κ3) is 2.51. The van der Waals surface area contributed by atoms with Crippen LogP contribution in [0.25, 0.3) is 0 Å². The average Bonchev–Trinajstić information content (AvgIpc) is 2.30. The van der Waals surface area contributed by atoms with Crippen LogP contribution in [0.3, 0.4) is 0 Å². The van der Waals surface area contributed by atoms with E-state index >= 15 is 0 Å². The molecule has 3 heteroatoms. The lowest BCUT2D eigenvalue weighted by atomic mass is 9.72. The van der Waals surface area contributed by atoms with E-state index in [2.05, 4.69) is 16.4 Å². The predicted molar refractivity (Wildman–Crippen MR) is 62.5 cm³/mol. The highest BCUT2D eigenvalue weighted by atomic mass is 15.2. The molecule has 0 radical (unpaired) electrons. The van der Waals surface area contributed by atoms with Crippen molar-refractivity contribution in [3.63, 3.8) is 0 Å². The SMILES string of the molecule is CB(N1CCCCC1)N1CCCCC1. The summed E-state index contributed by atoms with van der Waals surface area (Å²) in [7, 11) is 0. The second-order valence-electron chi connectivity index (χ2n) is 4.83. The molecule has 2 rings (SSSR count). The van der Waals surface area contributed by atoms with Crippen molar-refractivity contribution in [2.24, 2.45) is 0 Å². The molecule has 2 aliphatic rings. The van der Waals surface area contributed by atoms with Crippen molar-refractivity contribution in [1.82, 2.24) is 9.62 Å². The number of hydrogen-bond acceptors (Lipinski definition) is 2. The maximum Gasteiger partial charge on any atom is 0.307 e. The number of hydrogen-bond donors (Lipinski definition) is 0. The lowest BCUT2D eigenvalue weighted by molar-refractivity contribution is 0.281. The molecule has 0 spiro atoms. The molecule has 0 aromatic rings. The van der Waals surface area contributed by atoms with Crippen LogP contribution in [0.15, 0.2) is 0 Å². The maximum atomic E-state index is 2.68. The van der Waals surface area contributed by atoms with Crippen molar-refractivity contribution in [1.29, 1.82) is 0 Å².